The molecule has 192 valence electrons. The molecule has 6 rings (SSSR count). The van der Waals surface area contributed by atoms with Crippen LogP contribution in [0.25, 0.3) is 10.2 Å². The topological polar surface area (TPSA) is 83.7 Å². The fourth-order valence-electron chi connectivity index (χ4n) is 4.54. The fourth-order valence-corrected chi connectivity index (χ4v) is 7.47. The Morgan fingerprint density at radius 2 is 1.82 bits per heavy atom. The average Bonchev–Trinajstić information content (AvgIpc) is 3.60. The molecule has 5 aromatic rings. The summed E-state index contributed by atoms with van der Waals surface area (Å²) in [6.07, 6.45) is 2.23. The Morgan fingerprint density at radius 1 is 1.03 bits per heavy atom. The van der Waals surface area contributed by atoms with Crippen LogP contribution in [0.2, 0.25) is 0 Å². The van der Waals surface area contributed by atoms with Gasteiger partial charge in [0.2, 0.25) is 10.0 Å². The van der Waals surface area contributed by atoms with Gasteiger partial charge in [-0.25, -0.2) is 13.4 Å². The van der Waals surface area contributed by atoms with Gasteiger partial charge in [0.15, 0.2) is 5.13 Å². The third-order valence-electron chi connectivity index (χ3n) is 6.54. The molecule has 1 amide bonds. The number of furan rings is 1. The molecule has 0 N–H and O–H groups in total. The lowest BCUT2D eigenvalue weighted by Gasteiger charge is -2.28. The van der Waals surface area contributed by atoms with E-state index in [4.69, 9.17) is 4.42 Å². The summed E-state index contributed by atoms with van der Waals surface area (Å²) >= 11 is 4.89. The normalized spacial score (nSPS) is 13.9. The van der Waals surface area contributed by atoms with E-state index in [2.05, 4.69) is 20.9 Å². The van der Waals surface area contributed by atoms with Crippen molar-refractivity contribution in [2.75, 3.05) is 11.4 Å². The molecule has 0 radical (unpaired) electrons. The summed E-state index contributed by atoms with van der Waals surface area (Å²) in [7, 11) is -3.70. The second-order valence-electron chi connectivity index (χ2n) is 8.96. The first-order chi connectivity index (χ1) is 18.4. The quantitative estimate of drug-likeness (QED) is 0.228. The van der Waals surface area contributed by atoms with Crippen molar-refractivity contribution in [3.05, 3.63) is 112 Å². The van der Waals surface area contributed by atoms with Crippen LogP contribution < -0.4 is 4.90 Å². The van der Waals surface area contributed by atoms with Crippen molar-refractivity contribution in [1.29, 1.82) is 0 Å². The minimum Gasteiger partial charge on any atom is -0.467 e. The zero-order valence-electron chi connectivity index (χ0n) is 20.1. The van der Waals surface area contributed by atoms with E-state index in [9.17, 15) is 13.2 Å². The number of hydrogen-bond donors (Lipinski definition) is 0. The molecule has 7 nitrogen and oxygen atoms in total. The molecule has 0 saturated carbocycles. The summed E-state index contributed by atoms with van der Waals surface area (Å²) in [4.78, 5) is 20.1. The van der Waals surface area contributed by atoms with E-state index >= 15 is 0 Å². The number of halogens is 1. The standard InChI is InChI=1S/C28H22BrN3O4S2/c29-22-9-12-25-26(16-22)37-28(30-25)32(18-23-6-3-15-36-23)27(33)20-7-10-24(11-8-20)38(34,35)31-14-13-19-4-1-2-5-21(19)17-31/h1-12,15-16H,13-14,17-18H2. The molecule has 0 atom stereocenters. The lowest BCUT2D eigenvalue weighted by molar-refractivity contribution is 0.0983. The van der Waals surface area contributed by atoms with Crippen LogP contribution in [-0.2, 0) is 29.5 Å². The van der Waals surface area contributed by atoms with Gasteiger partial charge >= 0.3 is 0 Å². The summed E-state index contributed by atoms with van der Waals surface area (Å²) in [5.74, 6) is 0.318. The Bertz CT molecular complexity index is 1730. The van der Waals surface area contributed by atoms with E-state index in [0.29, 0.717) is 36.0 Å². The van der Waals surface area contributed by atoms with Crippen molar-refractivity contribution < 1.29 is 17.6 Å². The van der Waals surface area contributed by atoms with E-state index in [1.54, 1.807) is 35.4 Å². The van der Waals surface area contributed by atoms with Crippen molar-refractivity contribution in [2.24, 2.45) is 0 Å². The third-order valence-corrected chi connectivity index (χ3v) is 9.94. The molecule has 3 heterocycles. The van der Waals surface area contributed by atoms with Crippen LogP contribution in [0.15, 0.2) is 98.9 Å². The lowest BCUT2D eigenvalue weighted by Crippen LogP contribution is -2.36. The van der Waals surface area contributed by atoms with Gasteiger partial charge in [0.25, 0.3) is 5.91 Å². The van der Waals surface area contributed by atoms with E-state index in [-0.39, 0.29) is 17.3 Å². The predicted octanol–water partition coefficient (Wildman–Crippen LogP) is 6.25. The highest BCUT2D eigenvalue weighted by Crippen LogP contribution is 2.33. The van der Waals surface area contributed by atoms with Crippen LogP contribution in [0.1, 0.15) is 27.2 Å². The van der Waals surface area contributed by atoms with Gasteiger partial charge in [-0.2, -0.15) is 4.31 Å². The summed E-state index contributed by atoms with van der Waals surface area (Å²) in [6.45, 7) is 0.953. The molecule has 0 saturated heterocycles. The minimum atomic E-state index is -3.70. The van der Waals surface area contributed by atoms with E-state index in [0.717, 1.165) is 20.3 Å². The van der Waals surface area contributed by atoms with E-state index in [1.165, 1.54) is 33.3 Å². The first-order valence-electron chi connectivity index (χ1n) is 12.0. The Balaban J connectivity index is 1.28. The molecule has 0 unspecified atom stereocenters. The van der Waals surface area contributed by atoms with Crippen molar-refractivity contribution in [3.63, 3.8) is 0 Å². The Labute approximate surface area is 232 Å². The molecule has 3 aromatic carbocycles. The van der Waals surface area contributed by atoms with Gasteiger partial charge in [-0.15, -0.1) is 0 Å². The highest BCUT2D eigenvalue weighted by atomic mass is 79.9. The largest absolute Gasteiger partial charge is 0.467 e. The van der Waals surface area contributed by atoms with Gasteiger partial charge in [0.1, 0.15) is 5.76 Å². The molecule has 0 aliphatic carbocycles. The SMILES string of the molecule is O=C(c1ccc(S(=O)(=O)N2CCc3ccccc3C2)cc1)N(Cc1ccco1)c1nc2ccc(Br)cc2s1. The van der Waals surface area contributed by atoms with Gasteiger partial charge in [-0.05, 0) is 72.1 Å². The Morgan fingerprint density at radius 3 is 2.58 bits per heavy atom. The number of aromatic nitrogens is 1. The fraction of sp³-hybridized carbons (Fsp3) is 0.143. The number of carbonyl (C=O) groups is 1. The van der Waals surface area contributed by atoms with Crippen molar-refractivity contribution in [1.82, 2.24) is 9.29 Å². The molecule has 0 fully saturated rings. The highest BCUT2D eigenvalue weighted by molar-refractivity contribution is 9.10. The van der Waals surface area contributed by atoms with Gasteiger partial charge in [-0.1, -0.05) is 51.5 Å². The van der Waals surface area contributed by atoms with Crippen LogP contribution in [0, 0.1) is 0 Å². The summed E-state index contributed by atoms with van der Waals surface area (Å²) in [5, 5.41) is 0.531. The maximum atomic E-state index is 13.7. The van der Waals surface area contributed by atoms with Gasteiger partial charge < -0.3 is 4.42 Å². The Hall–Kier alpha value is -3.31. The Kier molecular flexibility index (Phi) is 6.65. The molecule has 2 aromatic heterocycles. The first kappa shape index (κ1) is 25.0. The molecule has 10 heteroatoms. The first-order valence-corrected chi connectivity index (χ1v) is 15.0. The van der Waals surface area contributed by atoms with Crippen LogP contribution in [0.4, 0.5) is 5.13 Å². The zero-order chi connectivity index (χ0) is 26.3. The smallest absolute Gasteiger partial charge is 0.260 e. The van der Waals surface area contributed by atoms with Gasteiger partial charge in [-0.3, -0.25) is 9.69 Å². The van der Waals surface area contributed by atoms with Crippen molar-refractivity contribution >= 4 is 58.5 Å². The third kappa shape index (κ3) is 4.80. The number of amides is 1. The molecule has 38 heavy (non-hydrogen) atoms. The predicted molar refractivity (Wildman–Crippen MR) is 151 cm³/mol. The number of sulfonamides is 1. The van der Waals surface area contributed by atoms with Crippen molar-refractivity contribution in [3.8, 4) is 0 Å². The number of carbonyl (C=O) groups excluding carboxylic acids is 1. The monoisotopic (exact) mass is 607 g/mol. The molecular formula is C28H22BrN3O4S2. The molecule has 0 spiro atoms. The van der Waals surface area contributed by atoms with Gasteiger partial charge in [0.05, 0.1) is 27.9 Å². The van der Waals surface area contributed by atoms with Crippen LogP contribution >= 0.6 is 27.3 Å². The van der Waals surface area contributed by atoms with Crippen LogP contribution in [-0.4, -0.2) is 30.2 Å². The molecule has 0 bridgehead atoms. The summed E-state index contributed by atoms with van der Waals surface area (Å²) in [6, 6.07) is 23.4. The second kappa shape index (κ2) is 10.1. The van der Waals surface area contributed by atoms with Crippen LogP contribution in [0.3, 0.4) is 0 Å². The number of rotatable bonds is 6. The number of nitrogens with zero attached hydrogens (tertiary/aromatic N) is 3. The lowest BCUT2D eigenvalue weighted by atomic mass is 10.0. The van der Waals surface area contributed by atoms with Crippen molar-refractivity contribution in [2.45, 2.75) is 24.4 Å². The minimum absolute atomic E-state index is 0.163. The van der Waals surface area contributed by atoms with Crippen LogP contribution in [0.5, 0.6) is 0 Å². The summed E-state index contributed by atoms with van der Waals surface area (Å²) < 4.78 is 35.6. The van der Waals surface area contributed by atoms with E-state index < -0.39 is 10.0 Å². The number of hydrogen-bond acceptors (Lipinski definition) is 6. The highest BCUT2D eigenvalue weighted by Gasteiger charge is 2.29. The number of thiazole rings is 1. The number of benzene rings is 3. The maximum absolute atomic E-state index is 13.7. The zero-order valence-corrected chi connectivity index (χ0v) is 23.3. The average molecular weight is 609 g/mol. The maximum Gasteiger partial charge on any atom is 0.260 e. The van der Waals surface area contributed by atoms with Gasteiger partial charge in [0, 0.05) is 23.1 Å². The number of anilines is 1. The molecular weight excluding hydrogens is 586 g/mol. The second-order valence-corrected chi connectivity index (χ2v) is 12.8. The molecule has 1 aliphatic rings. The number of fused-ring (bicyclic) bond motifs is 2. The molecule has 1 aliphatic heterocycles. The summed E-state index contributed by atoms with van der Waals surface area (Å²) in [5.41, 5.74) is 3.35. The van der Waals surface area contributed by atoms with E-state index in [1.807, 2.05) is 42.5 Å².